The smallest absolute Gasteiger partial charge is 0.238 e. The van der Waals surface area contributed by atoms with Crippen LogP contribution in [0.25, 0.3) is 0 Å². The highest BCUT2D eigenvalue weighted by atomic mass is 16.5. The van der Waals surface area contributed by atoms with Crippen molar-refractivity contribution in [2.75, 3.05) is 32.6 Å². The Kier molecular flexibility index (Phi) is 7.04. The predicted octanol–water partition coefficient (Wildman–Crippen LogP) is 3.33. The fourth-order valence-electron chi connectivity index (χ4n) is 2.36. The normalized spacial score (nSPS) is 10.4. The second-order valence-corrected chi connectivity index (χ2v) is 5.70. The van der Waals surface area contributed by atoms with E-state index in [1.165, 1.54) is 0 Å². The number of nitrogens with zero attached hydrogens (tertiary/aromatic N) is 1. The SMILES string of the molecule is C=CCOc1ccc(CN(C)CC(=O)Nc2cccc(OC)c2)cc1. The van der Waals surface area contributed by atoms with E-state index in [0.717, 1.165) is 17.0 Å². The Bertz CT molecular complexity index is 698. The average Bonchev–Trinajstić information content (AvgIpc) is 2.61. The molecule has 2 rings (SSSR count). The van der Waals surface area contributed by atoms with Crippen LogP contribution in [0.5, 0.6) is 11.5 Å². The lowest BCUT2D eigenvalue weighted by molar-refractivity contribution is -0.117. The molecule has 0 spiro atoms. The van der Waals surface area contributed by atoms with E-state index in [2.05, 4.69) is 11.9 Å². The zero-order chi connectivity index (χ0) is 18.1. The molecule has 5 nitrogen and oxygen atoms in total. The molecule has 25 heavy (non-hydrogen) atoms. The molecule has 0 aliphatic heterocycles. The molecular weight excluding hydrogens is 316 g/mol. The molecule has 1 amide bonds. The van der Waals surface area contributed by atoms with Crippen molar-refractivity contribution >= 4 is 11.6 Å². The number of amides is 1. The predicted molar refractivity (Wildman–Crippen MR) is 100 cm³/mol. The zero-order valence-electron chi connectivity index (χ0n) is 14.7. The van der Waals surface area contributed by atoms with E-state index in [1.807, 2.05) is 54.4 Å². The van der Waals surface area contributed by atoms with Crippen LogP contribution in [0.4, 0.5) is 5.69 Å². The molecule has 0 radical (unpaired) electrons. The van der Waals surface area contributed by atoms with Gasteiger partial charge in [0.05, 0.1) is 13.7 Å². The minimum atomic E-state index is -0.0679. The topological polar surface area (TPSA) is 50.8 Å². The summed E-state index contributed by atoms with van der Waals surface area (Å²) in [6.45, 7) is 5.08. The monoisotopic (exact) mass is 340 g/mol. The minimum absolute atomic E-state index is 0.0679. The van der Waals surface area contributed by atoms with Gasteiger partial charge in [0.1, 0.15) is 18.1 Å². The Morgan fingerprint density at radius 3 is 2.64 bits per heavy atom. The van der Waals surface area contributed by atoms with Crippen molar-refractivity contribution in [3.8, 4) is 11.5 Å². The van der Waals surface area contributed by atoms with Gasteiger partial charge in [-0.3, -0.25) is 9.69 Å². The molecule has 132 valence electrons. The third-order valence-corrected chi connectivity index (χ3v) is 3.51. The van der Waals surface area contributed by atoms with Gasteiger partial charge in [-0.15, -0.1) is 0 Å². The summed E-state index contributed by atoms with van der Waals surface area (Å²) in [6.07, 6.45) is 1.71. The number of methoxy groups -OCH3 is 1. The van der Waals surface area contributed by atoms with Crippen molar-refractivity contribution in [3.05, 3.63) is 66.7 Å². The van der Waals surface area contributed by atoms with Crippen LogP contribution in [-0.4, -0.2) is 38.1 Å². The number of hydrogen-bond acceptors (Lipinski definition) is 4. The van der Waals surface area contributed by atoms with Gasteiger partial charge in [-0.1, -0.05) is 30.9 Å². The molecule has 0 atom stereocenters. The molecular formula is C20H24N2O3. The summed E-state index contributed by atoms with van der Waals surface area (Å²) in [5.74, 6) is 1.45. The number of likely N-dealkylation sites (N-methyl/N-ethyl adjacent to an activating group) is 1. The molecule has 0 aliphatic carbocycles. The van der Waals surface area contributed by atoms with E-state index < -0.39 is 0 Å². The molecule has 0 saturated carbocycles. The summed E-state index contributed by atoms with van der Waals surface area (Å²) in [7, 11) is 3.51. The van der Waals surface area contributed by atoms with Crippen molar-refractivity contribution in [1.29, 1.82) is 0 Å². The lowest BCUT2D eigenvalue weighted by Gasteiger charge is -2.17. The summed E-state index contributed by atoms with van der Waals surface area (Å²) in [5.41, 5.74) is 1.84. The van der Waals surface area contributed by atoms with Gasteiger partial charge >= 0.3 is 0 Å². The fraction of sp³-hybridized carbons (Fsp3) is 0.250. The van der Waals surface area contributed by atoms with Crippen molar-refractivity contribution in [1.82, 2.24) is 4.90 Å². The number of hydrogen-bond donors (Lipinski definition) is 1. The van der Waals surface area contributed by atoms with Gasteiger partial charge in [0.2, 0.25) is 5.91 Å². The Hall–Kier alpha value is -2.79. The third kappa shape index (κ3) is 6.31. The highest BCUT2D eigenvalue weighted by molar-refractivity contribution is 5.92. The van der Waals surface area contributed by atoms with Crippen LogP contribution in [0, 0.1) is 0 Å². The lowest BCUT2D eigenvalue weighted by atomic mass is 10.2. The number of carbonyl (C=O) groups excluding carboxylic acids is 1. The van der Waals surface area contributed by atoms with Crippen LogP contribution < -0.4 is 14.8 Å². The Morgan fingerprint density at radius 1 is 1.20 bits per heavy atom. The number of anilines is 1. The molecule has 0 unspecified atom stereocenters. The van der Waals surface area contributed by atoms with Crippen molar-refractivity contribution in [2.24, 2.45) is 0 Å². The number of nitrogens with one attached hydrogen (secondary N) is 1. The molecule has 0 aromatic heterocycles. The molecule has 0 aliphatic rings. The summed E-state index contributed by atoms with van der Waals surface area (Å²) < 4.78 is 10.6. The van der Waals surface area contributed by atoms with Crippen LogP contribution in [0.3, 0.4) is 0 Å². The second-order valence-electron chi connectivity index (χ2n) is 5.70. The van der Waals surface area contributed by atoms with Crippen molar-refractivity contribution in [2.45, 2.75) is 6.54 Å². The Morgan fingerprint density at radius 2 is 1.96 bits per heavy atom. The highest BCUT2D eigenvalue weighted by Gasteiger charge is 2.08. The third-order valence-electron chi connectivity index (χ3n) is 3.51. The van der Waals surface area contributed by atoms with E-state index in [1.54, 1.807) is 19.3 Å². The lowest BCUT2D eigenvalue weighted by Crippen LogP contribution is -2.29. The number of ether oxygens (including phenoxy) is 2. The van der Waals surface area contributed by atoms with Gasteiger partial charge in [0.25, 0.3) is 0 Å². The van der Waals surface area contributed by atoms with Crippen LogP contribution in [0.15, 0.2) is 61.2 Å². The van der Waals surface area contributed by atoms with Gasteiger partial charge in [0.15, 0.2) is 0 Å². The van der Waals surface area contributed by atoms with E-state index in [-0.39, 0.29) is 5.91 Å². The van der Waals surface area contributed by atoms with Gasteiger partial charge in [-0.05, 0) is 36.9 Å². The minimum Gasteiger partial charge on any atom is -0.497 e. The Balaban J connectivity index is 1.83. The van der Waals surface area contributed by atoms with Crippen LogP contribution in [-0.2, 0) is 11.3 Å². The first-order valence-electron chi connectivity index (χ1n) is 8.06. The van der Waals surface area contributed by atoms with Gasteiger partial charge in [-0.2, -0.15) is 0 Å². The first kappa shape index (κ1) is 18.5. The molecule has 5 heteroatoms. The molecule has 0 heterocycles. The Labute approximate surface area is 148 Å². The maximum atomic E-state index is 12.2. The summed E-state index contributed by atoms with van der Waals surface area (Å²) in [4.78, 5) is 14.1. The number of benzene rings is 2. The summed E-state index contributed by atoms with van der Waals surface area (Å²) in [5, 5.41) is 2.88. The van der Waals surface area contributed by atoms with Crippen LogP contribution in [0.2, 0.25) is 0 Å². The van der Waals surface area contributed by atoms with Crippen LogP contribution in [0.1, 0.15) is 5.56 Å². The average molecular weight is 340 g/mol. The zero-order valence-corrected chi connectivity index (χ0v) is 14.7. The first-order valence-corrected chi connectivity index (χ1v) is 8.06. The molecule has 2 aromatic carbocycles. The second kappa shape index (κ2) is 9.49. The molecule has 0 saturated heterocycles. The molecule has 0 fully saturated rings. The first-order chi connectivity index (χ1) is 12.1. The standard InChI is InChI=1S/C20H24N2O3/c1-4-12-25-18-10-8-16(9-11-18)14-22(2)15-20(23)21-17-6-5-7-19(13-17)24-3/h4-11,13H,1,12,14-15H2,2-3H3,(H,21,23). The summed E-state index contributed by atoms with van der Waals surface area (Å²) >= 11 is 0. The van der Waals surface area contributed by atoms with E-state index >= 15 is 0 Å². The maximum absolute atomic E-state index is 12.2. The number of carbonyl (C=O) groups is 1. The van der Waals surface area contributed by atoms with E-state index in [4.69, 9.17) is 9.47 Å². The maximum Gasteiger partial charge on any atom is 0.238 e. The number of rotatable bonds is 9. The molecule has 2 aromatic rings. The largest absolute Gasteiger partial charge is 0.497 e. The van der Waals surface area contributed by atoms with Gasteiger partial charge in [-0.25, -0.2) is 0 Å². The van der Waals surface area contributed by atoms with Gasteiger partial charge < -0.3 is 14.8 Å². The van der Waals surface area contributed by atoms with Crippen molar-refractivity contribution in [3.63, 3.8) is 0 Å². The van der Waals surface area contributed by atoms with Crippen LogP contribution >= 0.6 is 0 Å². The molecule has 1 N–H and O–H groups in total. The van der Waals surface area contributed by atoms with Gasteiger partial charge in [0, 0.05) is 18.3 Å². The molecule has 0 bridgehead atoms. The van der Waals surface area contributed by atoms with E-state index in [0.29, 0.717) is 25.4 Å². The summed E-state index contributed by atoms with van der Waals surface area (Å²) in [6, 6.07) is 15.1. The van der Waals surface area contributed by atoms with Crippen molar-refractivity contribution < 1.29 is 14.3 Å². The highest BCUT2D eigenvalue weighted by Crippen LogP contribution is 2.17. The van der Waals surface area contributed by atoms with E-state index in [9.17, 15) is 4.79 Å². The fourth-order valence-corrected chi connectivity index (χ4v) is 2.36. The quantitative estimate of drug-likeness (QED) is 0.712.